The van der Waals surface area contributed by atoms with Crippen molar-refractivity contribution in [3.8, 4) is 0 Å². The van der Waals surface area contributed by atoms with E-state index in [1.54, 1.807) is 0 Å². The summed E-state index contributed by atoms with van der Waals surface area (Å²) in [6.45, 7) is 4.06. The molecule has 0 aliphatic heterocycles. The van der Waals surface area contributed by atoms with Gasteiger partial charge in [0.05, 0.1) is 16.5 Å². The fourth-order valence-electron chi connectivity index (χ4n) is 1.80. The molecule has 0 aliphatic rings. The van der Waals surface area contributed by atoms with Gasteiger partial charge in [0, 0.05) is 26.4 Å². The van der Waals surface area contributed by atoms with Gasteiger partial charge in [-0.05, 0) is 18.2 Å². The zero-order chi connectivity index (χ0) is 14.5. The largest absolute Gasteiger partial charge is 0.372 e. The number of nitrogens with zero attached hydrogens (tertiary/aromatic N) is 1. The third-order valence-electron chi connectivity index (χ3n) is 2.82. The minimum Gasteiger partial charge on any atom is -0.372 e. The van der Waals surface area contributed by atoms with Crippen LogP contribution in [0.15, 0.2) is 18.2 Å². The Balaban J connectivity index is 2.90. The molecule has 1 rings (SSSR count). The van der Waals surface area contributed by atoms with E-state index in [0.717, 1.165) is 24.3 Å². The van der Waals surface area contributed by atoms with Crippen LogP contribution in [-0.2, 0) is 16.4 Å². The van der Waals surface area contributed by atoms with Gasteiger partial charge in [-0.3, -0.25) is 0 Å². The Hall–Kier alpha value is -0.780. The molecule has 6 heteroatoms. The van der Waals surface area contributed by atoms with Crippen molar-refractivity contribution in [2.24, 2.45) is 0 Å². The summed E-state index contributed by atoms with van der Waals surface area (Å²) >= 11 is 6.23. The molecule has 19 heavy (non-hydrogen) atoms. The lowest BCUT2D eigenvalue weighted by Crippen LogP contribution is -2.27. The number of sulfone groups is 1. The highest BCUT2D eigenvalue weighted by molar-refractivity contribution is 7.90. The Morgan fingerprint density at radius 2 is 2.05 bits per heavy atom. The van der Waals surface area contributed by atoms with Crippen molar-refractivity contribution in [3.63, 3.8) is 0 Å². The summed E-state index contributed by atoms with van der Waals surface area (Å²) in [5.41, 5.74) is 1.97. The summed E-state index contributed by atoms with van der Waals surface area (Å²) in [5, 5.41) is 3.90. The second-order valence-corrected chi connectivity index (χ2v) is 7.25. The van der Waals surface area contributed by atoms with Crippen molar-refractivity contribution < 1.29 is 8.42 Å². The third-order valence-corrected chi connectivity index (χ3v) is 4.04. The summed E-state index contributed by atoms with van der Waals surface area (Å²) in [5.74, 6) is 0.120. The van der Waals surface area contributed by atoms with Gasteiger partial charge in [0.25, 0.3) is 0 Å². The summed E-state index contributed by atoms with van der Waals surface area (Å²) < 4.78 is 22.5. The molecule has 0 saturated carbocycles. The van der Waals surface area contributed by atoms with Gasteiger partial charge in [-0.15, -0.1) is 0 Å². The Kier molecular flexibility index (Phi) is 6.10. The number of hydrogen-bond donors (Lipinski definition) is 1. The normalized spacial score (nSPS) is 11.6. The monoisotopic (exact) mass is 304 g/mol. The van der Waals surface area contributed by atoms with Crippen molar-refractivity contribution in [3.05, 3.63) is 28.8 Å². The van der Waals surface area contributed by atoms with Crippen LogP contribution in [0.3, 0.4) is 0 Å². The molecular formula is C13H21ClN2O2S. The van der Waals surface area contributed by atoms with Crippen molar-refractivity contribution in [2.75, 3.05) is 37.0 Å². The Bertz CT molecular complexity index is 517. The maximum absolute atomic E-state index is 11.2. The van der Waals surface area contributed by atoms with Gasteiger partial charge >= 0.3 is 0 Å². The molecule has 1 aromatic rings. The number of anilines is 1. The second kappa shape index (κ2) is 7.12. The first kappa shape index (κ1) is 16.3. The third kappa shape index (κ3) is 5.38. The number of para-hydroxylation sites is 1. The first-order chi connectivity index (χ1) is 8.85. The predicted octanol–water partition coefficient (Wildman–Crippen LogP) is 1.93. The highest BCUT2D eigenvalue weighted by Gasteiger charge is 2.13. The lowest BCUT2D eigenvalue weighted by molar-refractivity contribution is 0.601. The smallest absolute Gasteiger partial charge is 0.149 e. The number of halogens is 1. The minimum absolute atomic E-state index is 0.120. The number of nitrogens with one attached hydrogen (secondary N) is 1. The average molecular weight is 305 g/mol. The Morgan fingerprint density at radius 1 is 1.37 bits per heavy atom. The molecule has 0 aromatic heterocycles. The minimum atomic E-state index is -2.97. The van der Waals surface area contributed by atoms with E-state index in [-0.39, 0.29) is 5.75 Å². The van der Waals surface area contributed by atoms with E-state index in [2.05, 4.69) is 5.32 Å². The average Bonchev–Trinajstić information content (AvgIpc) is 2.32. The van der Waals surface area contributed by atoms with Gasteiger partial charge in [0.15, 0.2) is 0 Å². The van der Waals surface area contributed by atoms with Crippen LogP contribution >= 0.6 is 11.6 Å². The van der Waals surface area contributed by atoms with Crippen LogP contribution in [0.5, 0.6) is 0 Å². The summed E-state index contributed by atoms with van der Waals surface area (Å²) in [6.07, 6.45) is 1.24. The fraction of sp³-hybridized carbons (Fsp3) is 0.538. The lowest BCUT2D eigenvalue weighted by Gasteiger charge is -2.23. The van der Waals surface area contributed by atoms with Crippen molar-refractivity contribution in [1.29, 1.82) is 0 Å². The lowest BCUT2D eigenvalue weighted by atomic mass is 10.1. The van der Waals surface area contributed by atoms with Gasteiger partial charge < -0.3 is 10.2 Å². The van der Waals surface area contributed by atoms with E-state index in [0.29, 0.717) is 11.6 Å². The topological polar surface area (TPSA) is 49.4 Å². The number of benzene rings is 1. The van der Waals surface area contributed by atoms with E-state index in [1.807, 2.05) is 37.1 Å². The SMILES string of the molecule is CCNCc1cccc(Cl)c1N(C)CCS(C)(=O)=O. The van der Waals surface area contributed by atoms with Crippen LogP contribution in [0.4, 0.5) is 5.69 Å². The summed E-state index contributed by atoms with van der Waals surface area (Å²) in [7, 11) is -1.11. The molecule has 108 valence electrons. The molecule has 0 fully saturated rings. The van der Waals surface area contributed by atoms with Crippen molar-refractivity contribution in [1.82, 2.24) is 5.32 Å². The standard InChI is InChI=1S/C13H21ClN2O2S/c1-4-15-10-11-6-5-7-12(14)13(11)16(2)8-9-19(3,17)18/h5-7,15H,4,8-10H2,1-3H3. The van der Waals surface area contributed by atoms with Gasteiger partial charge in [-0.2, -0.15) is 0 Å². The van der Waals surface area contributed by atoms with Gasteiger partial charge in [-0.25, -0.2) is 8.42 Å². The van der Waals surface area contributed by atoms with E-state index in [1.165, 1.54) is 6.26 Å². The second-order valence-electron chi connectivity index (χ2n) is 4.58. The van der Waals surface area contributed by atoms with Gasteiger partial charge in [-0.1, -0.05) is 30.7 Å². The molecule has 0 saturated heterocycles. The molecule has 0 aliphatic carbocycles. The van der Waals surface area contributed by atoms with Crippen LogP contribution < -0.4 is 10.2 Å². The van der Waals surface area contributed by atoms with E-state index in [9.17, 15) is 8.42 Å². The highest BCUT2D eigenvalue weighted by Crippen LogP contribution is 2.29. The van der Waals surface area contributed by atoms with E-state index >= 15 is 0 Å². The first-order valence-corrected chi connectivity index (χ1v) is 8.66. The molecule has 0 bridgehead atoms. The number of hydrogen-bond acceptors (Lipinski definition) is 4. The van der Waals surface area contributed by atoms with Gasteiger partial charge in [0.1, 0.15) is 9.84 Å². The Labute approximate surface area is 120 Å². The van der Waals surface area contributed by atoms with Gasteiger partial charge in [0.2, 0.25) is 0 Å². The summed E-state index contributed by atoms with van der Waals surface area (Å²) in [4.78, 5) is 1.90. The Morgan fingerprint density at radius 3 is 2.63 bits per heavy atom. The predicted molar refractivity (Wildman–Crippen MR) is 81.8 cm³/mol. The zero-order valence-corrected chi connectivity index (χ0v) is 13.2. The number of rotatable bonds is 7. The molecule has 0 radical (unpaired) electrons. The molecule has 1 N–H and O–H groups in total. The maximum atomic E-state index is 11.2. The molecule has 0 unspecified atom stereocenters. The van der Waals surface area contributed by atoms with Crippen LogP contribution in [0.2, 0.25) is 5.02 Å². The van der Waals surface area contributed by atoms with Crippen LogP contribution in [0, 0.1) is 0 Å². The molecule has 0 heterocycles. The first-order valence-electron chi connectivity index (χ1n) is 6.22. The highest BCUT2D eigenvalue weighted by atomic mass is 35.5. The molecule has 4 nitrogen and oxygen atoms in total. The van der Waals surface area contributed by atoms with Crippen molar-refractivity contribution in [2.45, 2.75) is 13.5 Å². The zero-order valence-electron chi connectivity index (χ0n) is 11.6. The maximum Gasteiger partial charge on any atom is 0.149 e. The fourth-order valence-corrected chi connectivity index (χ4v) is 2.75. The molecule has 0 spiro atoms. The van der Waals surface area contributed by atoms with Crippen LogP contribution in [0.1, 0.15) is 12.5 Å². The van der Waals surface area contributed by atoms with Crippen LogP contribution in [-0.4, -0.2) is 40.6 Å². The van der Waals surface area contributed by atoms with E-state index < -0.39 is 9.84 Å². The molecule has 0 amide bonds. The van der Waals surface area contributed by atoms with Crippen molar-refractivity contribution >= 4 is 27.1 Å². The molecular weight excluding hydrogens is 284 g/mol. The van der Waals surface area contributed by atoms with Crippen LogP contribution in [0.25, 0.3) is 0 Å². The quantitative estimate of drug-likeness (QED) is 0.836. The molecule has 1 aromatic carbocycles. The van der Waals surface area contributed by atoms with E-state index in [4.69, 9.17) is 11.6 Å². The summed E-state index contributed by atoms with van der Waals surface area (Å²) in [6, 6.07) is 5.73. The molecule has 0 atom stereocenters.